The van der Waals surface area contributed by atoms with E-state index in [1.165, 1.54) is 6.92 Å². The summed E-state index contributed by atoms with van der Waals surface area (Å²) in [6.07, 6.45) is -0.706. The molecular formula is C6H11NO4. The second kappa shape index (κ2) is 4.54. The van der Waals surface area contributed by atoms with Crippen molar-refractivity contribution < 1.29 is 19.4 Å². The van der Waals surface area contributed by atoms with Crippen LogP contribution in [-0.4, -0.2) is 29.8 Å². The topological polar surface area (TPSA) is 75.6 Å². The van der Waals surface area contributed by atoms with Gasteiger partial charge in [-0.3, -0.25) is 4.79 Å². The number of carbonyl (C=O) groups excluding carboxylic acids is 1. The molecular weight excluding hydrogens is 150 g/mol. The molecule has 1 amide bonds. The van der Waals surface area contributed by atoms with Crippen molar-refractivity contribution in [3.05, 3.63) is 0 Å². The van der Waals surface area contributed by atoms with Crippen molar-refractivity contribution in [1.82, 2.24) is 5.32 Å². The van der Waals surface area contributed by atoms with Gasteiger partial charge in [0, 0.05) is 0 Å². The lowest BCUT2D eigenvalue weighted by Crippen LogP contribution is -2.38. The summed E-state index contributed by atoms with van der Waals surface area (Å²) < 4.78 is 4.45. The Bertz CT molecular complexity index is 157. The summed E-state index contributed by atoms with van der Waals surface area (Å²) in [4.78, 5) is 20.7. The molecule has 5 heteroatoms. The molecule has 0 aliphatic carbocycles. The normalized spacial score (nSPS) is 11.8. The zero-order chi connectivity index (χ0) is 8.85. The minimum absolute atomic E-state index is 0.234. The molecule has 0 radical (unpaired) electrons. The Hall–Kier alpha value is -1.26. The van der Waals surface area contributed by atoms with Crippen LogP contribution >= 0.6 is 0 Å². The van der Waals surface area contributed by atoms with Gasteiger partial charge in [-0.25, -0.2) is 4.79 Å². The Morgan fingerprint density at radius 3 is 2.55 bits per heavy atom. The fourth-order valence-electron chi connectivity index (χ4n) is 0.411. The first-order valence-electron chi connectivity index (χ1n) is 3.24. The van der Waals surface area contributed by atoms with E-state index in [2.05, 4.69) is 10.1 Å². The molecule has 2 N–H and O–H groups in total. The van der Waals surface area contributed by atoms with E-state index < -0.39 is 18.1 Å². The first-order chi connectivity index (χ1) is 5.07. The quantitative estimate of drug-likeness (QED) is 0.620. The van der Waals surface area contributed by atoms with Crippen molar-refractivity contribution >= 4 is 12.1 Å². The van der Waals surface area contributed by atoms with Crippen LogP contribution in [0.3, 0.4) is 0 Å². The molecule has 0 aliphatic rings. The number of rotatable bonds is 3. The number of ether oxygens (including phenoxy) is 1. The van der Waals surface area contributed by atoms with Crippen LogP contribution in [0.4, 0.5) is 4.79 Å². The molecule has 0 spiro atoms. The Balaban J connectivity index is 3.66. The Morgan fingerprint density at radius 1 is 1.64 bits per heavy atom. The molecule has 0 heterocycles. The molecule has 0 saturated heterocycles. The first-order valence-corrected chi connectivity index (χ1v) is 3.24. The van der Waals surface area contributed by atoms with Crippen molar-refractivity contribution in [2.24, 2.45) is 0 Å². The lowest BCUT2D eigenvalue weighted by Gasteiger charge is -2.07. The maximum absolute atomic E-state index is 10.6. The largest absolute Gasteiger partial charge is 0.480 e. The zero-order valence-corrected chi connectivity index (χ0v) is 6.46. The van der Waals surface area contributed by atoms with E-state index in [1.54, 1.807) is 6.92 Å². The highest BCUT2D eigenvalue weighted by Gasteiger charge is 2.13. The van der Waals surface area contributed by atoms with Crippen LogP contribution in [0.2, 0.25) is 0 Å². The number of alkyl carbamates (subject to hydrolysis) is 1. The van der Waals surface area contributed by atoms with Crippen molar-refractivity contribution in [2.45, 2.75) is 19.9 Å². The predicted octanol–water partition coefficient (Wildman–Crippen LogP) is 0.206. The summed E-state index contributed by atoms with van der Waals surface area (Å²) in [5, 5.41) is 10.4. The second-order valence-corrected chi connectivity index (χ2v) is 1.92. The fraction of sp³-hybridized carbons (Fsp3) is 0.667. The number of aliphatic carboxylic acids is 1. The third-order valence-corrected chi connectivity index (χ3v) is 0.980. The van der Waals surface area contributed by atoms with Crippen LogP contribution < -0.4 is 5.32 Å². The minimum atomic E-state index is -1.09. The molecule has 0 fully saturated rings. The monoisotopic (exact) mass is 161 g/mol. The Labute approximate surface area is 64.3 Å². The van der Waals surface area contributed by atoms with Gasteiger partial charge in [0.15, 0.2) is 0 Å². The number of amides is 1. The molecule has 0 rings (SSSR count). The summed E-state index contributed by atoms with van der Waals surface area (Å²) in [6, 6.07) is -0.908. The van der Waals surface area contributed by atoms with Crippen LogP contribution in [0.15, 0.2) is 0 Å². The summed E-state index contributed by atoms with van der Waals surface area (Å²) in [5.74, 6) is -1.09. The lowest BCUT2D eigenvalue weighted by molar-refractivity contribution is -0.138. The van der Waals surface area contributed by atoms with Gasteiger partial charge in [-0.2, -0.15) is 0 Å². The highest BCUT2D eigenvalue weighted by atomic mass is 16.5. The predicted molar refractivity (Wildman–Crippen MR) is 37.3 cm³/mol. The van der Waals surface area contributed by atoms with Crippen molar-refractivity contribution in [3.8, 4) is 0 Å². The third-order valence-electron chi connectivity index (χ3n) is 0.980. The highest BCUT2D eigenvalue weighted by molar-refractivity contribution is 5.79. The number of nitrogens with one attached hydrogen (secondary N) is 1. The molecule has 64 valence electrons. The van der Waals surface area contributed by atoms with Crippen molar-refractivity contribution in [3.63, 3.8) is 0 Å². The van der Waals surface area contributed by atoms with Crippen LogP contribution in [0.5, 0.6) is 0 Å². The van der Waals surface area contributed by atoms with Gasteiger partial charge in [-0.1, -0.05) is 0 Å². The molecule has 0 saturated carbocycles. The number of carboxylic acid groups (broad SMARTS) is 1. The van der Waals surface area contributed by atoms with E-state index in [9.17, 15) is 9.59 Å². The highest BCUT2D eigenvalue weighted by Crippen LogP contribution is 1.83. The van der Waals surface area contributed by atoms with Gasteiger partial charge in [0.2, 0.25) is 0 Å². The van der Waals surface area contributed by atoms with Gasteiger partial charge in [0.25, 0.3) is 0 Å². The number of carbonyl (C=O) groups is 2. The van der Waals surface area contributed by atoms with Crippen LogP contribution in [-0.2, 0) is 9.53 Å². The average molecular weight is 161 g/mol. The molecule has 0 aromatic rings. The molecule has 0 bridgehead atoms. The number of hydrogen-bond donors (Lipinski definition) is 2. The molecule has 11 heavy (non-hydrogen) atoms. The molecule has 0 aromatic carbocycles. The van der Waals surface area contributed by atoms with Gasteiger partial charge < -0.3 is 15.2 Å². The van der Waals surface area contributed by atoms with E-state index in [0.717, 1.165) is 0 Å². The van der Waals surface area contributed by atoms with Gasteiger partial charge in [0.05, 0.1) is 6.61 Å². The molecule has 1 atom stereocenters. The average Bonchev–Trinajstić information content (AvgIpc) is 1.87. The second-order valence-electron chi connectivity index (χ2n) is 1.92. The summed E-state index contributed by atoms with van der Waals surface area (Å²) in [7, 11) is 0. The van der Waals surface area contributed by atoms with E-state index in [4.69, 9.17) is 5.11 Å². The summed E-state index contributed by atoms with van der Waals surface area (Å²) in [6.45, 7) is 3.24. The van der Waals surface area contributed by atoms with E-state index in [1.807, 2.05) is 0 Å². The third kappa shape index (κ3) is 4.19. The lowest BCUT2D eigenvalue weighted by atomic mass is 10.4. The minimum Gasteiger partial charge on any atom is -0.480 e. The van der Waals surface area contributed by atoms with Gasteiger partial charge in [-0.15, -0.1) is 0 Å². The summed E-state index contributed by atoms with van der Waals surface area (Å²) >= 11 is 0. The smallest absolute Gasteiger partial charge is 0.407 e. The van der Waals surface area contributed by atoms with Crippen molar-refractivity contribution in [2.75, 3.05) is 6.61 Å². The SMILES string of the molecule is CCOC(=O)NC(C)C(=O)O. The van der Waals surface area contributed by atoms with E-state index >= 15 is 0 Å². The maximum Gasteiger partial charge on any atom is 0.407 e. The molecule has 5 nitrogen and oxygen atoms in total. The standard InChI is InChI=1S/C6H11NO4/c1-3-11-6(10)7-4(2)5(8)9/h4H,3H2,1-2H3,(H,7,10)(H,8,9). The maximum atomic E-state index is 10.6. The van der Waals surface area contributed by atoms with Gasteiger partial charge in [-0.05, 0) is 13.8 Å². The number of hydrogen-bond acceptors (Lipinski definition) is 3. The first kappa shape index (κ1) is 9.74. The van der Waals surface area contributed by atoms with Crippen LogP contribution in [0.1, 0.15) is 13.8 Å². The number of carboxylic acids is 1. The summed E-state index contributed by atoms with van der Waals surface area (Å²) in [5.41, 5.74) is 0. The fourth-order valence-corrected chi connectivity index (χ4v) is 0.411. The molecule has 1 unspecified atom stereocenters. The van der Waals surface area contributed by atoms with E-state index in [-0.39, 0.29) is 6.61 Å². The van der Waals surface area contributed by atoms with Crippen LogP contribution in [0, 0.1) is 0 Å². The van der Waals surface area contributed by atoms with E-state index in [0.29, 0.717) is 0 Å². The molecule has 0 aromatic heterocycles. The van der Waals surface area contributed by atoms with Crippen LogP contribution in [0.25, 0.3) is 0 Å². The van der Waals surface area contributed by atoms with Gasteiger partial charge >= 0.3 is 12.1 Å². The zero-order valence-electron chi connectivity index (χ0n) is 6.46. The van der Waals surface area contributed by atoms with Crippen molar-refractivity contribution in [1.29, 1.82) is 0 Å². The molecule has 0 aliphatic heterocycles. The van der Waals surface area contributed by atoms with Gasteiger partial charge in [0.1, 0.15) is 6.04 Å². The Morgan fingerprint density at radius 2 is 2.18 bits per heavy atom. The Kier molecular flexibility index (Phi) is 4.02.